The first-order valence-electron chi connectivity index (χ1n) is 6.56. The second-order valence-electron chi connectivity index (χ2n) is 4.43. The Bertz CT molecular complexity index is 392. The van der Waals surface area contributed by atoms with Gasteiger partial charge < -0.3 is 19.9 Å². The minimum atomic E-state index is -0.767. The van der Waals surface area contributed by atoms with Crippen LogP contribution in [0.15, 0.2) is 12.1 Å². The van der Waals surface area contributed by atoms with Crippen LogP contribution in [-0.4, -0.2) is 38.1 Å². The Kier molecular flexibility index (Phi) is 7.43. The number of benzene rings is 1. The highest BCUT2D eigenvalue weighted by molar-refractivity contribution is 5.31. The first kappa shape index (κ1) is 16.8. The van der Waals surface area contributed by atoms with Crippen LogP contribution in [0.2, 0.25) is 0 Å². The molecular weight excluding hydrogens is 268 g/mol. The molecule has 0 amide bonds. The van der Waals surface area contributed by atoms with Gasteiger partial charge in [0.15, 0.2) is 17.4 Å². The lowest BCUT2D eigenvalue weighted by Crippen LogP contribution is -2.19. The van der Waals surface area contributed by atoms with E-state index in [-0.39, 0.29) is 6.61 Å². The SMILES string of the molecule is CCC(O)COc1c(F)cc(CNCCOC)cc1F. The summed E-state index contributed by atoms with van der Waals surface area (Å²) in [6.45, 7) is 3.10. The molecule has 1 unspecified atom stereocenters. The monoisotopic (exact) mass is 289 g/mol. The van der Waals surface area contributed by atoms with Crippen LogP contribution in [0.1, 0.15) is 18.9 Å². The molecule has 1 aromatic rings. The molecule has 0 bridgehead atoms. The maximum atomic E-state index is 13.7. The zero-order chi connectivity index (χ0) is 15.0. The Hall–Kier alpha value is -1.24. The van der Waals surface area contributed by atoms with Gasteiger partial charge in [-0.15, -0.1) is 0 Å². The summed E-state index contributed by atoms with van der Waals surface area (Å²) in [5, 5.41) is 12.3. The van der Waals surface area contributed by atoms with Gasteiger partial charge in [-0.2, -0.15) is 0 Å². The van der Waals surface area contributed by atoms with Crippen molar-refractivity contribution in [1.82, 2.24) is 5.32 Å². The van der Waals surface area contributed by atoms with Gasteiger partial charge >= 0.3 is 0 Å². The molecule has 0 aliphatic heterocycles. The fraction of sp³-hybridized carbons (Fsp3) is 0.571. The Morgan fingerprint density at radius 3 is 2.50 bits per heavy atom. The average molecular weight is 289 g/mol. The Morgan fingerprint density at radius 2 is 1.95 bits per heavy atom. The molecule has 1 atom stereocenters. The summed E-state index contributed by atoms with van der Waals surface area (Å²) >= 11 is 0. The van der Waals surface area contributed by atoms with Crippen LogP contribution in [-0.2, 0) is 11.3 Å². The lowest BCUT2D eigenvalue weighted by molar-refractivity contribution is 0.0994. The highest BCUT2D eigenvalue weighted by Crippen LogP contribution is 2.23. The molecule has 0 saturated heterocycles. The molecule has 0 spiro atoms. The normalized spacial score (nSPS) is 12.4. The number of hydrogen-bond donors (Lipinski definition) is 2. The van der Waals surface area contributed by atoms with Gasteiger partial charge in [-0.25, -0.2) is 8.78 Å². The van der Waals surface area contributed by atoms with Gasteiger partial charge in [-0.1, -0.05) is 6.92 Å². The van der Waals surface area contributed by atoms with Crippen LogP contribution in [0.25, 0.3) is 0 Å². The van der Waals surface area contributed by atoms with Gasteiger partial charge in [0.2, 0.25) is 0 Å². The van der Waals surface area contributed by atoms with Crippen molar-refractivity contribution in [2.75, 3.05) is 26.9 Å². The lowest BCUT2D eigenvalue weighted by Gasteiger charge is -2.13. The van der Waals surface area contributed by atoms with Crippen molar-refractivity contribution in [2.45, 2.75) is 26.0 Å². The molecule has 0 fully saturated rings. The second kappa shape index (κ2) is 8.84. The number of halogens is 2. The van der Waals surface area contributed by atoms with E-state index in [4.69, 9.17) is 9.47 Å². The van der Waals surface area contributed by atoms with Crippen LogP contribution < -0.4 is 10.1 Å². The van der Waals surface area contributed by atoms with Gasteiger partial charge in [0.25, 0.3) is 0 Å². The largest absolute Gasteiger partial charge is 0.485 e. The number of nitrogens with one attached hydrogen (secondary N) is 1. The quantitative estimate of drug-likeness (QED) is 0.681. The van der Waals surface area contributed by atoms with Crippen LogP contribution in [0.4, 0.5) is 8.78 Å². The third-order valence-electron chi connectivity index (χ3n) is 2.76. The molecule has 0 aliphatic rings. The lowest BCUT2D eigenvalue weighted by atomic mass is 10.2. The Balaban J connectivity index is 2.61. The summed E-state index contributed by atoms with van der Waals surface area (Å²) < 4.78 is 37.3. The summed E-state index contributed by atoms with van der Waals surface area (Å²) in [5.74, 6) is -1.98. The Labute approximate surface area is 117 Å². The molecule has 0 saturated carbocycles. The van der Waals surface area contributed by atoms with Crippen molar-refractivity contribution < 1.29 is 23.4 Å². The van der Waals surface area contributed by atoms with Crippen molar-refractivity contribution in [3.05, 3.63) is 29.3 Å². The van der Waals surface area contributed by atoms with E-state index >= 15 is 0 Å². The maximum absolute atomic E-state index is 13.7. The molecule has 1 rings (SSSR count). The fourth-order valence-corrected chi connectivity index (χ4v) is 1.56. The van der Waals surface area contributed by atoms with E-state index in [1.165, 1.54) is 12.1 Å². The molecule has 4 nitrogen and oxygen atoms in total. The minimum Gasteiger partial charge on any atom is -0.485 e. The first-order chi connectivity index (χ1) is 9.58. The highest BCUT2D eigenvalue weighted by atomic mass is 19.1. The molecule has 6 heteroatoms. The summed E-state index contributed by atoms with van der Waals surface area (Å²) in [6, 6.07) is 2.44. The number of methoxy groups -OCH3 is 1. The molecule has 0 heterocycles. The number of aliphatic hydroxyl groups excluding tert-OH is 1. The summed E-state index contributed by atoms with van der Waals surface area (Å²) in [5.41, 5.74) is 0.486. The van der Waals surface area contributed by atoms with Crippen molar-refractivity contribution >= 4 is 0 Å². The van der Waals surface area contributed by atoms with Crippen molar-refractivity contribution in [1.29, 1.82) is 0 Å². The maximum Gasteiger partial charge on any atom is 0.190 e. The van der Waals surface area contributed by atoms with Crippen molar-refractivity contribution in [3.63, 3.8) is 0 Å². The fourth-order valence-electron chi connectivity index (χ4n) is 1.56. The van der Waals surface area contributed by atoms with E-state index in [1.807, 2.05) is 0 Å². The predicted molar refractivity (Wildman–Crippen MR) is 71.7 cm³/mol. The van der Waals surface area contributed by atoms with Crippen molar-refractivity contribution in [2.24, 2.45) is 0 Å². The second-order valence-corrected chi connectivity index (χ2v) is 4.43. The molecule has 114 valence electrons. The average Bonchev–Trinajstić information content (AvgIpc) is 2.42. The summed E-state index contributed by atoms with van der Waals surface area (Å²) in [7, 11) is 1.58. The number of rotatable bonds is 9. The topological polar surface area (TPSA) is 50.7 Å². The first-order valence-corrected chi connectivity index (χ1v) is 6.56. The van der Waals surface area contributed by atoms with Gasteiger partial charge in [-0.3, -0.25) is 0 Å². The molecule has 20 heavy (non-hydrogen) atoms. The van der Waals surface area contributed by atoms with Crippen molar-refractivity contribution in [3.8, 4) is 5.75 Å². The predicted octanol–water partition coefficient (Wildman–Crippen LogP) is 1.85. The number of aliphatic hydroxyl groups is 1. The third-order valence-corrected chi connectivity index (χ3v) is 2.76. The van der Waals surface area contributed by atoms with Gasteiger partial charge in [0, 0.05) is 20.2 Å². The Morgan fingerprint density at radius 1 is 1.30 bits per heavy atom. The summed E-state index contributed by atoms with van der Waals surface area (Å²) in [6.07, 6.45) is -0.269. The number of hydrogen-bond acceptors (Lipinski definition) is 4. The van der Waals surface area contributed by atoms with Crippen LogP contribution in [0.5, 0.6) is 5.75 Å². The summed E-state index contributed by atoms with van der Waals surface area (Å²) in [4.78, 5) is 0. The number of ether oxygens (including phenoxy) is 2. The van der Waals surface area contributed by atoms with Gasteiger partial charge in [-0.05, 0) is 24.1 Å². The van der Waals surface area contributed by atoms with Crippen LogP contribution in [0, 0.1) is 11.6 Å². The van der Waals surface area contributed by atoms with Gasteiger partial charge in [0.1, 0.15) is 6.61 Å². The van der Waals surface area contributed by atoms with E-state index in [9.17, 15) is 13.9 Å². The van der Waals surface area contributed by atoms with E-state index in [0.717, 1.165) is 0 Å². The third kappa shape index (κ3) is 5.40. The van der Waals surface area contributed by atoms with E-state index in [2.05, 4.69) is 5.32 Å². The molecule has 1 aromatic carbocycles. The molecular formula is C14H21F2NO3. The molecule has 0 radical (unpaired) electrons. The molecule has 0 aliphatic carbocycles. The van der Waals surface area contributed by atoms with Crippen LogP contribution >= 0.6 is 0 Å². The molecule has 2 N–H and O–H groups in total. The minimum absolute atomic E-state index is 0.129. The molecule has 0 aromatic heterocycles. The van der Waals surface area contributed by atoms with E-state index in [1.54, 1.807) is 14.0 Å². The van der Waals surface area contributed by atoms with Gasteiger partial charge in [0.05, 0.1) is 12.7 Å². The van der Waals surface area contributed by atoms with E-state index in [0.29, 0.717) is 31.7 Å². The standard InChI is InChI=1S/C14H21F2NO3/c1-3-11(18)9-20-14-12(15)6-10(7-13(14)16)8-17-4-5-19-2/h6-7,11,17-18H,3-5,8-9H2,1-2H3. The zero-order valence-electron chi connectivity index (χ0n) is 11.8. The smallest absolute Gasteiger partial charge is 0.190 e. The highest BCUT2D eigenvalue weighted by Gasteiger charge is 2.14. The van der Waals surface area contributed by atoms with Crippen LogP contribution in [0.3, 0.4) is 0 Å². The van der Waals surface area contributed by atoms with E-state index < -0.39 is 23.5 Å². The zero-order valence-corrected chi connectivity index (χ0v) is 11.8.